The number of ether oxygens (including phenoxy) is 1. The highest BCUT2D eigenvalue weighted by Gasteiger charge is 2.31. The Morgan fingerprint density at radius 3 is 2.77 bits per heavy atom. The number of benzene rings is 1. The lowest BCUT2D eigenvalue weighted by Gasteiger charge is -2.31. The van der Waals surface area contributed by atoms with Crippen molar-refractivity contribution in [2.24, 2.45) is 5.92 Å². The Bertz CT molecular complexity index is 612. The third kappa shape index (κ3) is 2.85. The van der Waals surface area contributed by atoms with Crippen molar-refractivity contribution >= 4 is 5.76 Å². The second-order valence-corrected chi connectivity index (χ2v) is 6.85. The molecule has 1 aromatic rings. The minimum Gasteiger partial charge on any atom is -0.488 e. The van der Waals surface area contributed by atoms with Crippen LogP contribution in [0.15, 0.2) is 41.5 Å². The average Bonchev–Trinajstić information content (AvgIpc) is 2.60. The molecule has 118 valence electrons. The van der Waals surface area contributed by atoms with Crippen molar-refractivity contribution in [3.05, 3.63) is 52.6 Å². The van der Waals surface area contributed by atoms with Gasteiger partial charge in [0.05, 0.1) is 0 Å². The van der Waals surface area contributed by atoms with Gasteiger partial charge < -0.3 is 9.64 Å². The molecule has 1 aromatic carbocycles. The summed E-state index contributed by atoms with van der Waals surface area (Å²) >= 11 is 0. The Balaban J connectivity index is 2.06. The second kappa shape index (κ2) is 6.29. The highest BCUT2D eigenvalue weighted by Crippen LogP contribution is 2.42. The smallest absolute Gasteiger partial charge is 0.130 e. The minimum absolute atomic E-state index is 0.299. The number of hydrogen-bond donors (Lipinski definition) is 0. The fourth-order valence-corrected chi connectivity index (χ4v) is 3.87. The van der Waals surface area contributed by atoms with Crippen LogP contribution in [0.1, 0.15) is 37.8 Å². The van der Waals surface area contributed by atoms with Crippen LogP contribution in [0.25, 0.3) is 5.76 Å². The Kier molecular flexibility index (Phi) is 4.39. The quantitative estimate of drug-likeness (QED) is 0.808. The van der Waals surface area contributed by atoms with E-state index in [9.17, 15) is 0 Å². The predicted molar refractivity (Wildman–Crippen MR) is 92.6 cm³/mol. The molecule has 0 spiro atoms. The molecule has 3 rings (SSSR count). The van der Waals surface area contributed by atoms with Crippen molar-refractivity contribution in [1.29, 1.82) is 0 Å². The van der Waals surface area contributed by atoms with Gasteiger partial charge in [0, 0.05) is 12.1 Å². The molecule has 0 saturated carbocycles. The number of likely N-dealkylation sites (N-methyl/N-ethyl adjacent to an activating group) is 1. The van der Waals surface area contributed by atoms with Gasteiger partial charge in [0.15, 0.2) is 0 Å². The number of rotatable bonds is 2. The van der Waals surface area contributed by atoms with Gasteiger partial charge in [0.2, 0.25) is 0 Å². The van der Waals surface area contributed by atoms with Crippen molar-refractivity contribution in [2.45, 2.75) is 39.2 Å². The summed E-state index contributed by atoms with van der Waals surface area (Å²) in [4.78, 5) is 2.22. The molecule has 2 atom stereocenters. The molecule has 1 aliphatic carbocycles. The lowest BCUT2D eigenvalue weighted by Crippen LogP contribution is -2.30. The summed E-state index contributed by atoms with van der Waals surface area (Å²) in [6.07, 6.45) is 5.94. The van der Waals surface area contributed by atoms with Crippen LogP contribution in [-0.4, -0.2) is 31.6 Å². The molecule has 0 amide bonds. The number of allylic oxidation sites excluding steroid dienone is 3. The largest absolute Gasteiger partial charge is 0.488 e. The normalized spacial score (nSPS) is 26.5. The van der Waals surface area contributed by atoms with Crippen LogP contribution in [0.2, 0.25) is 0 Å². The molecule has 0 aromatic heterocycles. The maximum absolute atomic E-state index is 6.49. The number of nitrogens with zero attached hydrogens (tertiary/aromatic N) is 1. The molecule has 0 N–H and O–H groups in total. The van der Waals surface area contributed by atoms with Gasteiger partial charge in [-0.1, -0.05) is 37.3 Å². The predicted octanol–water partition coefficient (Wildman–Crippen LogP) is 4.28. The molecule has 2 unspecified atom stereocenters. The number of hydrogen-bond acceptors (Lipinski definition) is 2. The zero-order chi connectivity index (χ0) is 15.7. The topological polar surface area (TPSA) is 12.5 Å². The van der Waals surface area contributed by atoms with Crippen molar-refractivity contribution in [3.8, 4) is 0 Å². The average molecular weight is 297 g/mol. The van der Waals surface area contributed by atoms with E-state index in [1.165, 1.54) is 22.3 Å². The Morgan fingerprint density at radius 1 is 1.27 bits per heavy atom. The molecule has 22 heavy (non-hydrogen) atoms. The standard InChI is InChI=1S/C20H27NO/c1-5-17-14(2)12-15-8-6-7-9-18(15)20-19(17)11-10-16(22-20)13-21(3)4/h5-9,14,16H,10-13H2,1-4H3/b17-5+. The van der Waals surface area contributed by atoms with Crippen LogP contribution in [0.3, 0.4) is 0 Å². The van der Waals surface area contributed by atoms with Crippen LogP contribution >= 0.6 is 0 Å². The van der Waals surface area contributed by atoms with E-state index in [1.54, 1.807) is 0 Å². The summed E-state index contributed by atoms with van der Waals surface area (Å²) in [5.41, 5.74) is 5.65. The summed E-state index contributed by atoms with van der Waals surface area (Å²) in [5, 5.41) is 0. The highest BCUT2D eigenvalue weighted by atomic mass is 16.5. The number of fused-ring (bicyclic) bond motifs is 2. The third-order valence-electron chi connectivity index (χ3n) is 4.82. The van der Waals surface area contributed by atoms with Gasteiger partial charge in [-0.25, -0.2) is 0 Å². The van der Waals surface area contributed by atoms with Crippen molar-refractivity contribution < 1.29 is 4.74 Å². The fourth-order valence-electron chi connectivity index (χ4n) is 3.87. The Morgan fingerprint density at radius 2 is 2.05 bits per heavy atom. The summed E-state index contributed by atoms with van der Waals surface area (Å²) in [6.45, 7) is 5.49. The van der Waals surface area contributed by atoms with Gasteiger partial charge in [-0.15, -0.1) is 0 Å². The Labute approximate surface area is 134 Å². The van der Waals surface area contributed by atoms with E-state index < -0.39 is 0 Å². The molecule has 0 bridgehead atoms. The maximum Gasteiger partial charge on any atom is 0.130 e. The second-order valence-electron chi connectivity index (χ2n) is 6.85. The maximum atomic E-state index is 6.49. The van der Waals surface area contributed by atoms with Crippen molar-refractivity contribution in [3.63, 3.8) is 0 Å². The van der Waals surface area contributed by atoms with Gasteiger partial charge in [-0.3, -0.25) is 0 Å². The zero-order valence-corrected chi connectivity index (χ0v) is 14.2. The highest BCUT2D eigenvalue weighted by molar-refractivity contribution is 5.72. The molecule has 2 nitrogen and oxygen atoms in total. The summed E-state index contributed by atoms with van der Waals surface area (Å²) in [6, 6.07) is 8.77. The fraction of sp³-hybridized carbons (Fsp3) is 0.500. The lowest BCUT2D eigenvalue weighted by atomic mass is 9.87. The minimum atomic E-state index is 0.299. The SMILES string of the molecule is C/C=C1/C2=C(OC(CN(C)C)CC2)c2ccccc2CC1C. The molecule has 0 radical (unpaired) electrons. The molecule has 1 aliphatic heterocycles. The third-order valence-corrected chi connectivity index (χ3v) is 4.82. The van der Waals surface area contributed by atoms with Crippen molar-refractivity contribution in [1.82, 2.24) is 4.90 Å². The van der Waals surface area contributed by atoms with Crippen molar-refractivity contribution in [2.75, 3.05) is 20.6 Å². The van der Waals surface area contributed by atoms with E-state index in [4.69, 9.17) is 4.74 Å². The van der Waals surface area contributed by atoms with E-state index in [0.717, 1.165) is 31.6 Å². The summed E-state index contributed by atoms with van der Waals surface area (Å²) in [5.74, 6) is 1.71. The first kappa shape index (κ1) is 15.4. The van der Waals surface area contributed by atoms with Gasteiger partial charge in [0.25, 0.3) is 0 Å². The van der Waals surface area contributed by atoms with Gasteiger partial charge in [0.1, 0.15) is 11.9 Å². The molecular weight excluding hydrogens is 270 g/mol. The van der Waals surface area contributed by atoms with E-state index in [0.29, 0.717) is 12.0 Å². The molecule has 1 heterocycles. The van der Waals surface area contributed by atoms with Gasteiger partial charge >= 0.3 is 0 Å². The van der Waals surface area contributed by atoms with Crippen LogP contribution in [0.5, 0.6) is 0 Å². The zero-order valence-electron chi connectivity index (χ0n) is 14.2. The molecule has 0 saturated heterocycles. The molecular formula is C20H27NO. The van der Waals surface area contributed by atoms with E-state index in [1.807, 2.05) is 0 Å². The van der Waals surface area contributed by atoms with Crippen LogP contribution in [0.4, 0.5) is 0 Å². The van der Waals surface area contributed by atoms with Gasteiger partial charge in [-0.2, -0.15) is 0 Å². The first-order chi connectivity index (χ1) is 10.6. The summed E-state index contributed by atoms with van der Waals surface area (Å²) in [7, 11) is 4.24. The monoisotopic (exact) mass is 297 g/mol. The first-order valence-electron chi connectivity index (χ1n) is 8.39. The van der Waals surface area contributed by atoms with Crippen LogP contribution in [-0.2, 0) is 11.2 Å². The van der Waals surface area contributed by atoms with Crippen LogP contribution in [0, 0.1) is 5.92 Å². The molecule has 2 aliphatic rings. The molecule has 0 fully saturated rings. The van der Waals surface area contributed by atoms with Gasteiger partial charge in [-0.05, 0) is 62.9 Å². The summed E-state index contributed by atoms with van der Waals surface area (Å²) < 4.78 is 6.49. The van der Waals surface area contributed by atoms with E-state index in [-0.39, 0.29) is 0 Å². The Hall–Kier alpha value is -1.54. The van der Waals surface area contributed by atoms with Crippen LogP contribution < -0.4 is 0 Å². The first-order valence-corrected chi connectivity index (χ1v) is 8.39. The molecule has 2 heteroatoms. The lowest BCUT2D eigenvalue weighted by molar-refractivity contribution is 0.112. The van der Waals surface area contributed by atoms with E-state index >= 15 is 0 Å². The van der Waals surface area contributed by atoms with E-state index in [2.05, 4.69) is 63.2 Å².